The third kappa shape index (κ3) is 3.43. The molecule has 0 saturated heterocycles. The summed E-state index contributed by atoms with van der Waals surface area (Å²) in [5.74, 6) is 1.64. The molecule has 0 N–H and O–H groups in total. The van der Waals surface area contributed by atoms with E-state index in [0.29, 0.717) is 5.88 Å². The third-order valence-corrected chi connectivity index (χ3v) is 3.86. The summed E-state index contributed by atoms with van der Waals surface area (Å²) in [6.07, 6.45) is 5.78. The van der Waals surface area contributed by atoms with Crippen molar-refractivity contribution in [2.45, 2.75) is 45.6 Å². The number of hydrogen-bond donors (Lipinski definition) is 0. The van der Waals surface area contributed by atoms with Crippen LogP contribution in [0.15, 0.2) is 18.2 Å². The summed E-state index contributed by atoms with van der Waals surface area (Å²) in [6, 6.07) is 5.97. The van der Waals surface area contributed by atoms with Gasteiger partial charge in [-0.25, -0.2) is 4.98 Å². The van der Waals surface area contributed by atoms with Crippen molar-refractivity contribution in [1.29, 1.82) is 0 Å². The fourth-order valence-corrected chi connectivity index (χ4v) is 2.76. The van der Waals surface area contributed by atoms with E-state index in [2.05, 4.69) is 22.5 Å². The van der Waals surface area contributed by atoms with E-state index in [1.807, 2.05) is 12.1 Å². The van der Waals surface area contributed by atoms with Crippen molar-refractivity contribution in [3.63, 3.8) is 0 Å². The predicted molar refractivity (Wildman–Crippen MR) is 83.3 cm³/mol. The second kappa shape index (κ2) is 7.16. The first-order valence-corrected chi connectivity index (χ1v) is 7.88. The van der Waals surface area contributed by atoms with Gasteiger partial charge in [-0.2, -0.15) is 0 Å². The molecule has 2 rings (SSSR count). The lowest BCUT2D eigenvalue weighted by Gasteiger charge is -2.08. The number of halogens is 2. The number of rotatable bonds is 7. The van der Waals surface area contributed by atoms with Crippen LogP contribution in [0.5, 0.6) is 0 Å². The van der Waals surface area contributed by atoms with Crippen LogP contribution in [0, 0.1) is 0 Å². The fraction of sp³-hybridized carbons (Fsp3) is 0.533. The zero-order valence-corrected chi connectivity index (χ0v) is 12.8. The molecule has 0 atom stereocenters. The number of aromatic nitrogens is 2. The zero-order valence-electron chi connectivity index (χ0n) is 11.3. The number of hydrogen-bond acceptors (Lipinski definition) is 1. The minimum Gasteiger partial charge on any atom is -0.328 e. The lowest BCUT2D eigenvalue weighted by atomic mass is 10.2. The summed E-state index contributed by atoms with van der Waals surface area (Å²) in [4.78, 5) is 4.65. The van der Waals surface area contributed by atoms with E-state index in [1.165, 1.54) is 25.7 Å². The number of imidazole rings is 1. The molecule has 0 saturated carbocycles. The molecule has 104 valence electrons. The van der Waals surface area contributed by atoms with Gasteiger partial charge in [-0.05, 0) is 18.6 Å². The van der Waals surface area contributed by atoms with Crippen LogP contribution in [0.1, 0.15) is 38.4 Å². The van der Waals surface area contributed by atoms with Gasteiger partial charge in [0.15, 0.2) is 0 Å². The Morgan fingerprint density at radius 2 is 2.05 bits per heavy atom. The molecule has 0 aliphatic carbocycles. The topological polar surface area (TPSA) is 17.8 Å². The Balaban J connectivity index is 2.27. The van der Waals surface area contributed by atoms with Gasteiger partial charge in [-0.3, -0.25) is 0 Å². The van der Waals surface area contributed by atoms with Crippen molar-refractivity contribution in [2.75, 3.05) is 5.88 Å². The maximum atomic E-state index is 6.22. The molecule has 2 nitrogen and oxygen atoms in total. The van der Waals surface area contributed by atoms with E-state index in [0.717, 1.165) is 34.8 Å². The first kappa shape index (κ1) is 14.7. The summed E-state index contributed by atoms with van der Waals surface area (Å²) in [7, 11) is 0. The summed E-state index contributed by atoms with van der Waals surface area (Å²) in [6.45, 7) is 3.23. The molecular weight excluding hydrogens is 279 g/mol. The maximum Gasteiger partial charge on any atom is 0.111 e. The van der Waals surface area contributed by atoms with Crippen molar-refractivity contribution < 1.29 is 0 Å². The molecule has 0 bridgehead atoms. The van der Waals surface area contributed by atoms with Crippen LogP contribution in [-0.4, -0.2) is 15.4 Å². The van der Waals surface area contributed by atoms with Gasteiger partial charge >= 0.3 is 0 Å². The molecule has 19 heavy (non-hydrogen) atoms. The maximum absolute atomic E-state index is 6.22. The van der Waals surface area contributed by atoms with E-state index in [1.54, 1.807) is 0 Å². The number of aryl methyl sites for hydroxylation is 2. The summed E-state index contributed by atoms with van der Waals surface area (Å²) < 4.78 is 2.28. The first-order chi connectivity index (χ1) is 9.27. The highest BCUT2D eigenvalue weighted by molar-refractivity contribution is 6.34. The van der Waals surface area contributed by atoms with Crippen LogP contribution >= 0.6 is 23.2 Å². The normalized spacial score (nSPS) is 11.3. The standard InChI is InChI=1S/C15H20Cl2N2/c1-2-3-4-5-11-19-13-8-6-7-12(17)15(13)18-14(19)9-10-16/h6-8H,2-5,9-11H2,1H3. The van der Waals surface area contributed by atoms with Crippen LogP contribution in [0.3, 0.4) is 0 Å². The molecule has 1 aromatic carbocycles. The molecule has 1 heterocycles. The van der Waals surface area contributed by atoms with Crippen molar-refractivity contribution >= 4 is 34.2 Å². The van der Waals surface area contributed by atoms with Crippen molar-refractivity contribution in [3.8, 4) is 0 Å². The van der Waals surface area contributed by atoms with Gasteiger partial charge in [-0.15, -0.1) is 11.6 Å². The molecule has 0 amide bonds. The third-order valence-electron chi connectivity index (χ3n) is 3.36. The smallest absolute Gasteiger partial charge is 0.111 e. The average molecular weight is 299 g/mol. The Morgan fingerprint density at radius 3 is 2.79 bits per heavy atom. The van der Waals surface area contributed by atoms with Crippen molar-refractivity contribution in [2.24, 2.45) is 0 Å². The highest BCUT2D eigenvalue weighted by Crippen LogP contribution is 2.24. The number of fused-ring (bicyclic) bond motifs is 1. The van der Waals surface area contributed by atoms with Gasteiger partial charge in [0.2, 0.25) is 0 Å². The van der Waals surface area contributed by atoms with Crippen LogP contribution in [0.2, 0.25) is 5.02 Å². The van der Waals surface area contributed by atoms with E-state index < -0.39 is 0 Å². The largest absolute Gasteiger partial charge is 0.328 e. The minimum absolute atomic E-state index is 0.593. The number of benzene rings is 1. The number of unbranched alkanes of at least 4 members (excludes halogenated alkanes) is 3. The van der Waals surface area contributed by atoms with E-state index >= 15 is 0 Å². The predicted octanol–water partition coefficient (Wildman–Crippen LogP) is 5.05. The SMILES string of the molecule is CCCCCCn1c(CCCl)nc2c(Cl)cccc21. The molecule has 2 aromatic rings. The van der Waals surface area contributed by atoms with Gasteiger partial charge in [0.05, 0.1) is 10.5 Å². The minimum atomic E-state index is 0.593. The van der Waals surface area contributed by atoms with Crippen LogP contribution in [0.4, 0.5) is 0 Å². The lowest BCUT2D eigenvalue weighted by molar-refractivity contribution is 0.576. The Labute approximate surface area is 124 Å². The lowest BCUT2D eigenvalue weighted by Crippen LogP contribution is -2.05. The van der Waals surface area contributed by atoms with Crippen LogP contribution in [0.25, 0.3) is 11.0 Å². The summed E-state index contributed by atoms with van der Waals surface area (Å²) in [5, 5.41) is 0.723. The van der Waals surface area contributed by atoms with Crippen LogP contribution in [-0.2, 0) is 13.0 Å². The van der Waals surface area contributed by atoms with Gasteiger partial charge < -0.3 is 4.57 Å². The van der Waals surface area contributed by atoms with Crippen molar-refractivity contribution in [3.05, 3.63) is 29.0 Å². The molecular formula is C15H20Cl2N2. The average Bonchev–Trinajstić information content (AvgIpc) is 2.75. The molecule has 0 radical (unpaired) electrons. The fourth-order valence-electron chi connectivity index (χ4n) is 2.38. The molecule has 0 spiro atoms. The monoisotopic (exact) mass is 298 g/mol. The van der Waals surface area contributed by atoms with Crippen molar-refractivity contribution in [1.82, 2.24) is 9.55 Å². The number of alkyl halides is 1. The van der Waals surface area contributed by atoms with Gasteiger partial charge in [0.25, 0.3) is 0 Å². The Bertz CT molecular complexity index is 534. The van der Waals surface area contributed by atoms with Gasteiger partial charge in [0.1, 0.15) is 11.3 Å². The Hall–Kier alpha value is -0.730. The van der Waals surface area contributed by atoms with E-state index in [-0.39, 0.29) is 0 Å². The van der Waals surface area contributed by atoms with Crippen LogP contribution < -0.4 is 0 Å². The van der Waals surface area contributed by atoms with Gasteiger partial charge in [-0.1, -0.05) is 43.9 Å². The highest BCUT2D eigenvalue weighted by atomic mass is 35.5. The molecule has 0 fully saturated rings. The first-order valence-electron chi connectivity index (χ1n) is 6.97. The summed E-state index contributed by atoms with van der Waals surface area (Å²) >= 11 is 12.1. The van der Waals surface area contributed by atoms with E-state index in [4.69, 9.17) is 23.2 Å². The second-order valence-electron chi connectivity index (χ2n) is 4.79. The number of para-hydroxylation sites is 1. The molecule has 4 heteroatoms. The Kier molecular flexibility index (Phi) is 5.53. The van der Waals surface area contributed by atoms with E-state index in [9.17, 15) is 0 Å². The highest BCUT2D eigenvalue weighted by Gasteiger charge is 2.11. The quantitative estimate of drug-likeness (QED) is 0.516. The van der Waals surface area contributed by atoms with Gasteiger partial charge in [0, 0.05) is 18.8 Å². The molecule has 0 aliphatic heterocycles. The molecule has 1 aromatic heterocycles. The Morgan fingerprint density at radius 1 is 1.21 bits per heavy atom. The molecule has 0 aliphatic rings. The molecule has 0 unspecified atom stereocenters. The zero-order chi connectivity index (χ0) is 13.7. The number of nitrogens with zero attached hydrogens (tertiary/aromatic N) is 2. The summed E-state index contributed by atoms with van der Waals surface area (Å²) in [5.41, 5.74) is 2.03. The second-order valence-corrected chi connectivity index (χ2v) is 5.57.